The van der Waals surface area contributed by atoms with Crippen molar-refractivity contribution in [3.05, 3.63) is 29.8 Å². The van der Waals surface area contributed by atoms with Crippen LogP contribution in [-0.4, -0.2) is 24.9 Å². The molecule has 0 fully saturated rings. The van der Waals surface area contributed by atoms with Crippen LogP contribution in [0.25, 0.3) is 0 Å². The molecular formula is C15H22ClN3O2. The first-order valence-electron chi connectivity index (χ1n) is 7.06. The maximum atomic E-state index is 12.0. The molecule has 5 nitrogen and oxygen atoms in total. The molecule has 4 N–H and O–H groups in total. The van der Waals surface area contributed by atoms with Gasteiger partial charge in [-0.15, -0.1) is 12.4 Å². The summed E-state index contributed by atoms with van der Waals surface area (Å²) in [6, 6.07) is 7.79. The van der Waals surface area contributed by atoms with Gasteiger partial charge in [0.2, 0.25) is 11.8 Å². The van der Waals surface area contributed by atoms with Crippen LogP contribution in [0.1, 0.15) is 24.8 Å². The largest absolute Gasteiger partial charge is 0.356 e. The molecule has 1 aliphatic rings. The van der Waals surface area contributed by atoms with Crippen LogP contribution in [0.15, 0.2) is 24.3 Å². The standard InChI is InChI=1S/C15H21N3O2.ClH/c16-8-3-9-17-14(19)7-6-12-10-11-4-1-2-5-13(11)18-15(12)20;/h1-2,4-5,12H,3,6-10,16H2,(H,17,19)(H,18,20);1H. The first kappa shape index (κ1) is 17.5. The molecule has 116 valence electrons. The summed E-state index contributed by atoms with van der Waals surface area (Å²) in [5, 5.41) is 5.71. The molecule has 0 radical (unpaired) electrons. The van der Waals surface area contributed by atoms with Gasteiger partial charge < -0.3 is 16.4 Å². The Hall–Kier alpha value is -1.59. The fourth-order valence-electron chi connectivity index (χ4n) is 2.37. The summed E-state index contributed by atoms with van der Waals surface area (Å²) in [5.41, 5.74) is 7.39. The fraction of sp³-hybridized carbons (Fsp3) is 0.467. The normalized spacial score (nSPS) is 16.4. The van der Waals surface area contributed by atoms with E-state index in [0.29, 0.717) is 32.4 Å². The lowest BCUT2D eigenvalue weighted by Crippen LogP contribution is -2.32. The van der Waals surface area contributed by atoms with Gasteiger partial charge in [0.1, 0.15) is 0 Å². The molecule has 1 heterocycles. The van der Waals surface area contributed by atoms with Crippen molar-refractivity contribution < 1.29 is 9.59 Å². The minimum Gasteiger partial charge on any atom is -0.356 e. The van der Waals surface area contributed by atoms with Crippen molar-refractivity contribution in [1.29, 1.82) is 0 Å². The minimum absolute atomic E-state index is 0. The smallest absolute Gasteiger partial charge is 0.227 e. The summed E-state index contributed by atoms with van der Waals surface area (Å²) >= 11 is 0. The Balaban J connectivity index is 0.00000220. The van der Waals surface area contributed by atoms with E-state index in [4.69, 9.17) is 5.73 Å². The number of carbonyl (C=O) groups is 2. The number of benzene rings is 1. The molecule has 2 amide bonds. The van der Waals surface area contributed by atoms with Gasteiger partial charge in [-0.25, -0.2) is 0 Å². The van der Waals surface area contributed by atoms with E-state index in [9.17, 15) is 9.59 Å². The average molecular weight is 312 g/mol. The number of carbonyl (C=O) groups excluding carboxylic acids is 2. The molecule has 0 spiro atoms. The maximum Gasteiger partial charge on any atom is 0.227 e. The number of rotatable bonds is 6. The second-order valence-corrected chi connectivity index (χ2v) is 5.08. The van der Waals surface area contributed by atoms with Crippen LogP contribution in [-0.2, 0) is 16.0 Å². The first-order chi connectivity index (χ1) is 9.70. The summed E-state index contributed by atoms with van der Waals surface area (Å²) in [6.45, 7) is 1.18. The number of hydrogen-bond donors (Lipinski definition) is 3. The van der Waals surface area contributed by atoms with Gasteiger partial charge in [0.05, 0.1) is 0 Å². The highest BCUT2D eigenvalue weighted by Gasteiger charge is 2.25. The SMILES string of the molecule is Cl.NCCCNC(=O)CCC1Cc2ccccc2NC1=O. The molecule has 0 aliphatic carbocycles. The number of anilines is 1. The van der Waals surface area contributed by atoms with Crippen LogP contribution in [0.3, 0.4) is 0 Å². The van der Waals surface area contributed by atoms with Gasteiger partial charge in [-0.2, -0.15) is 0 Å². The van der Waals surface area contributed by atoms with Crippen molar-refractivity contribution in [2.45, 2.75) is 25.7 Å². The Morgan fingerprint density at radius 3 is 2.90 bits per heavy atom. The third kappa shape index (κ3) is 5.02. The Morgan fingerprint density at radius 1 is 1.38 bits per heavy atom. The van der Waals surface area contributed by atoms with E-state index in [1.807, 2.05) is 24.3 Å². The van der Waals surface area contributed by atoms with Crippen LogP contribution in [0.5, 0.6) is 0 Å². The van der Waals surface area contributed by atoms with Crippen molar-refractivity contribution in [3.8, 4) is 0 Å². The monoisotopic (exact) mass is 311 g/mol. The van der Waals surface area contributed by atoms with E-state index in [2.05, 4.69) is 10.6 Å². The Labute approximate surface area is 131 Å². The number of nitrogens with two attached hydrogens (primary N) is 1. The molecule has 6 heteroatoms. The number of fused-ring (bicyclic) bond motifs is 1. The summed E-state index contributed by atoms with van der Waals surface area (Å²) in [5.74, 6) is -0.117. The van der Waals surface area contributed by atoms with E-state index in [1.165, 1.54) is 0 Å². The van der Waals surface area contributed by atoms with E-state index in [-0.39, 0.29) is 30.1 Å². The predicted molar refractivity (Wildman–Crippen MR) is 85.4 cm³/mol. The second-order valence-electron chi connectivity index (χ2n) is 5.08. The van der Waals surface area contributed by atoms with Gasteiger partial charge in [-0.05, 0) is 37.4 Å². The van der Waals surface area contributed by atoms with Crippen LogP contribution < -0.4 is 16.4 Å². The average Bonchev–Trinajstić information content (AvgIpc) is 2.45. The first-order valence-corrected chi connectivity index (χ1v) is 7.06. The van der Waals surface area contributed by atoms with Crippen LogP contribution in [0.4, 0.5) is 5.69 Å². The lowest BCUT2D eigenvalue weighted by Gasteiger charge is -2.24. The summed E-state index contributed by atoms with van der Waals surface area (Å²) < 4.78 is 0. The number of para-hydroxylation sites is 1. The molecule has 1 aromatic rings. The predicted octanol–water partition coefficient (Wildman–Crippen LogP) is 1.46. The zero-order valence-corrected chi connectivity index (χ0v) is 12.7. The lowest BCUT2D eigenvalue weighted by molar-refractivity contribution is -0.122. The van der Waals surface area contributed by atoms with E-state index >= 15 is 0 Å². The van der Waals surface area contributed by atoms with Gasteiger partial charge in [-0.1, -0.05) is 18.2 Å². The number of amides is 2. The van der Waals surface area contributed by atoms with Crippen molar-refractivity contribution in [3.63, 3.8) is 0 Å². The van der Waals surface area contributed by atoms with Crippen molar-refractivity contribution in [2.24, 2.45) is 11.7 Å². The fourth-order valence-corrected chi connectivity index (χ4v) is 2.37. The number of nitrogens with one attached hydrogen (secondary N) is 2. The van der Waals surface area contributed by atoms with E-state index in [0.717, 1.165) is 17.7 Å². The highest BCUT2D eigenvalue weighted by Crippen LogP contribution is 2.27. The quantitative estimate of drug-likeness (QED) is 0.695. The molecular weight excluding hydrogens is 290 g/mol. The zero-order valence-electron chi connectivity index (χ0n) is 11.9. The molecule has 2 rings (SSSR count). The number of halogens is 1. The van der Waals surface area contributed by atoms with Crippen molar-refractivity contribution in [1.82, 2.24) is 5.32 Å². The molecule has 1 aromatic carbocycles. The lowest BCUT2D eigenvalue weighted by atomic mass is 9.89. The highest BCUT2D eigenvalue weighted by molar-refractivity contribution is 5.96. The summed E-state index contributed by atoms with van der Waals surface area (Å²) in [4.78, 5) is 23.6. The van der Waals surface area contributed by atoms with Crippen molar-refractivity contribution >= 4 is 29.9 Å². The Kier molecular flexibility index (Phi) is 7.19. The molecule has 0 aromatic heterocycles. The Morgan fingerprint density at radius 2 is 2.14 bits per heavy atom. The third-order valence-corrected chi connectivity index (χ3v) is 3.54. The van der Waals surface area contributed by atoms with Gasteiger partial charge >= 0.3 is 0 Å². The third-order valence-electron chi connectivity index (χ3n) is 3.54. The molecule has 0 bridgehead atoms. The molecule has 0 saturated heterocycles. The molecule has 1 atom stereocenters. The minimum atomic E-state index is -0.120. The molecule has 0 saturated carbocycles. The molecule has 21 heavy (non-hydrogen) atoms. The molecule has 1 aliphatic heterocycles. The summed E-state index contributed by atoms with van der Waals surface area (Å²) in [6.07, 6.45) is 2.45. The highest BCUT2D eigenvalue weighted by atomic mass is 35.5. The Bertz CT molecular complexity index is 494. The van der Waals surface area contributed by atoms with Crippen LogP contribution in [0, 0.1) is 5.92 Å². The van der Waals surface area contributed by atoms with Crippen LogP contribution in [0.2, 0.25) is 0 Å². The summed E-state index contributed by atoms with van der Waals surface area (Å²) in [7, 11) is 0. The van der Waals surface area contributed by atoms with Gasteiger partial charge in [0.25, 0.3) is 0 Å². The number of hydrogen-bond acceptors (Lipinski definition) is 3. The topological polar surface area (TPSA) is 84.2 Å². The van der Waals surface area contributed by atoms with Crippen LogP contribution >= 0.6 is 12.4 Å². The van der Waals surface area contributed by atoms with Gasteiger partial charge in [-0.3, -0.25) is 9.59 Å². The van der Waals surface area contributed by atoms with Gasteiger partial charge in [0, 0.05) is 24.6 Å². The van der Waals surface area contributed by atoms with E-state index < -0.39 is 0 Å². The van der Waals surface area contributed by atoms with E-state index in [1.54, 1.807) is 0 Å². The molecule has 1 unspecified atom stereocenters. The second kappa shape index (κ2) is 8.64. The van der Waals surface area contributed by atoms with Gasteiger partial charge in [0.15, 0.2) is 0 Å². The maximum absolute atomic E-state index is 12.0. The van der Waals surface area contributed by atoms with Crippen molar-refractivity contribution in [2.75, 3.05) is 18.4 Å². The zero-order chi connectivity index (χ0) is 14.4.